The first-order valence-electron chi connectivity index (χ1n) is 5.28. The van der Waals surface area contributed by atoms with Gasteiger partial charge in [-0.2, -0.15) is 0 Å². The van der Waals surface area contributed by atoms with E-state index in [0.29, 0.717) is 11.5 Å². The van der Waals surface area contributed by atoms with Crippen molar-refractivity contribution in [2.45, 2.75) is 26.3 Å². The molecule has 15 heavy (non-hydrogen) atoms. The third-order valence-electron chi connectivity index (χ3n) is 2.24. The topological polar surface area (TPSA) is 52.5 Å². The van der Waals surface area contributed by atoms with Crippen LogP contribution in [0.2, 0.25) is 0 Å². The Hall–Kier alpha value is -0.835. The van der Waals surface area contributed by atoms with Crippen LogP contribution in [0.4, 0.5) is 0 Å². The molecule has 0 amide bonds. The van der Waals surface area contributed by atoms with Crippen molar-refractivity contribution in [1.82, 2.24) is 5.32 Å². The van der Waals surface area contributed by atoms with Crippen LogP contribution in [0, 0.1) is 0 Å². The van der Waals surface area contributed by atoms with Crippen molar-refractivity contribution in [3.05, 3.63) is 29.8 Å². The summed E-state index contributed by atoms with van der Waals surface area (Å²) in [4.78, 5) is 0. The molecule has 0 aliphatic carbocycles. The molecule has 3 N–H and O–H groups in total. The SMILES string of the molecule is CC(C)NCCc1ccc(B(O)O)cc1. The van der Waals surface area contributed by atoms with Crippen molar-refractivity contribution in [2.24, 2.45) is 0 Å². The average Bonchev–Trinajstić information content (AvgIpc) is 2.18. The van der Waals surface area contributed by atoms with Gasteiger partial charge in [-0.3, -0.25) is 0 Å². The Balaban J connectivity index is 2.43. The smallest absolute Gasteiger partial charge is 0.423 e. The Morgan fingerprint density at radius 3 is 2.27 bits per heavy atom. The second-order valence-electron chi connectivity index (χ2n) is 3.97. The fourth-order valence-corrected chi connectivity index (χ4v) is 1.36. The largest absolute Gasteiger partial charge is 0.488 e. The first-order valence-corrected chi connectivity index (χ1v) is 5.28. The maximum atomic E-state index is 8.91. The average molecular weight is 207 g/mol. The lowest BCUT2D eigenvalue weighted by molar-refractivity contribution is 0.426. The maximum absolute atomic E-state index is 8.91. The molecule has 82 valence electrons. The van der Waals surface area contributed by atoms with Gasteiger partial charge in [0.05, 0.1) is 0 Å². The van der Waals surface area contributed by atoms with E-state index in [1.165, 1.54) is 5.56 Å². The van der Waals surface area contributed by atoms with Gasteiger partial charge < -0.3 is 15.4 Å². The van der Waals surface area contributed by atoms with Gasteiger partial charge in [0, 0.05) is 6.04 Å². The van der Waals surface area contributed by atoms with Crippen molar-refractivity contribution in [1.29, 1.82) is 0 Å². The Morgan fingerprint density at radius 2 is 1.80 bits per heavy atom. The van der Waals surface area contributed by atoms with Crippen molar-refractivity contribution in [2.75, 3.05) is 6.54 Å². The van der Waals surface area contributed by atoms with Gasteiger partial charge in [0.1, 0.15) is 0 Å². The van der Waals surface area contributed by atoms with E-state index in [2.05, 4.69) is 19.2 Å². The van der Waals surface area contributed by atoms with E-state index in [0.717, 1.165) is 13.0 Å². The number of nitrogens with one attached hydrogen (secondary N) is 1. The zero-order chi connectivity index (χ0) is 11.3. The molecule has 1 rings (SSSR count). The third-order valence-corrected chi connectivity index (χ3v) is 2.24. The highest BCUT2D eigenvalue weighted by atomic mass is 16.4. The lowest BCUT2D eigenvalue weighted by Crippen LogP contribution is -2.29. The lowest BCUT2D eigenvalue weighted by Gasteiger charge is -2.08. The molecule has 0 aromatic heterocycles. The molecule has 0 heterocycles. The minimum absolute atomic E-state index is 0.503. The first-order chi connectivity index (χ1) is 7.09. The Kier molecular flexibility index (Phi) is 4.82. The Bertz CT molecular complexity index is 285. The highest BCUT2D eigenvalue weighted by molar-refractivity contribution is 6.58. The molecule has 0 fully saturated rings. The van der Waals surface area contributed by atoms with E-state index in [1.54, 1.807) is 12.1 Å². The molecule has 0 radical (unpaired) electrons. The van der Waals surface area contributed by atoms with Gasteiger partial charge in [-0.25, -0.2) is 0 Å². The molecule has 0 spiro atoms. The minimum atomic E-state index is -1.37. The van der Waals surface area contributed by atoms with Gasteiger partial charge in [-0.15, -0.1) is 0 Å². The monoisotopic (exact) mass is 207 g/mol. The van der Waals surface area contributed by atoms with Gasteiger partial charge in [0.15, 0.2) is 0 Å². The van der Waals surface area contributed by atoms with Gasteiger partial charge >= 0.3 is 7.12 Å². The van der Waals surface area contributed by atoms with E-state index >= 15 is 0 Å². The van der Waals surface area contributed by atoms with Gasteiger partial charge in [-0.05, 0) is 24.0 Å². The lowest BCUT2D eigenvalue weighted by atomic mass is 9.80. The molecular formula is C11H18BNO2. The summed E-state index contributed by atoms with van der Waals surface area (Å²) >= 11 is 0. The zero-order valence-corrected chi connectivity index (χ0v) is 9.27. The van der Waals surface area contributed by atoms with Gasteiger partial charge in [0.2, 0.25) is 0 Å². The summed E-state index contributed by atoms with van der Waals surface area (Å²) in [7, 11) is -1.37. The molecule has 0 unspecified atom stereocenters. The first kappa shape index (κ1) is 12.2. The highest BCUT2D eigenvalue weighted by Crippen LogP contribution is 1.98. The quantitative estimate of drug-likeness (QED) is 0.591. The van der Waals surface area contributed by atoms with Crippen LogP contribution in [0.25, 0.3) is 0 Å². The van der Waals surface area contributed by atoms with Crippen LogP contribution < -0.4 is 10.8 Å². The fourth-order valence-electron chi connectivity index (χ4n) is 1.36. The van der Waals surface area contributed by atoms with Crippen molar-refractivity contribution in [3.63, 3.8) is 0 Å². The standard InChI is InChI=1S/C11H18BNO2/c1-9(2)13-8-7-10-3-5-11(6-4-10)12(14)15/h3-6,9,13-15H,7-8H2,1-2H3. The van der Waals surface area contributed by atoms with Crippen molar-refractivity contribution >= 4 is 12.6 Å². The molecule has 0 aliphatic rings. The summed E-state index contributed by atoms with van der Waals surface area (Å²) in [6.45, 7) is 5.18. The normalized spacial score (nSPS) is 10.7. The van der Waals surface area contributed by atoms with Crippen LogP contribution in [0.3, 0.4) is 0 Å². The van der Waals surface area contributed by atoms with Crippen molar-refractivity contribution < 1.29 is 10.0 Å². The molecule has 1 aromatic carbocycles. The second kappa shape index (κ2) is 5.90. The third kappa shape index (κ3) is 4.47. The Morgan fingerprint density at radius 1 is 1.20 bits per heavy atom. The van der Waals surface area contributed by atoms with Crippen LogP contribution in [-0.4, -0.2) is 29.8 Å². The summed E-state index contributed by atoms with van der Waals surface area (Å²) in [6, 6.07) is 7.85. The molecular weight excluding hydrogens is 189 g/mol. The molecule has 3 nitrogen and oxygen atoms in total. The minimum Gasteiger partial charge on any atom is -0.423 e. The number of benzene rings is 1. The predicted octanol–water partition coefficient (Wildman–Crippen LogP) is -0.0931. The van der Waals surface area contributed by atoms with Crippen molar-refractivity contribution in [3.8, 4) is 0 Å². The van der Waals surface area contributed by atoms with Crippen LogP contribution in [0.5, 0.6) is 0 Å². The van der Waals surface area contributed by atoms with E-state index in [9.17, 15) is 0 Å². The molecule has 0 bridgehead atoms. The van der Waals surface area contributed by atoms with Gasteiger partial charge in [-0.1, -0.05) is 38.1 Å². The van der Waals surface area contributed by atoms with Crippen LogP contribution >= 0.6 is 0 Å². The molecule has 0 atom stereocenters. The summed E-state index contributed by atoms with van der Waals surface area (Å²) in [5.74, 6) is 0. The summed E-state index contributed by atoms with van der Waals surface area (Å²) < 4.78 is 0. The van der Waals surface area contributed by atoms with Crippen LogP contribution in [0.15, 0.2) is 24.3 Å². The number of hydrogen-bond acceptors (Lipinski definition) is 3. The van der Waals surface area contributed by atoms with Crippen LogP contribution in [0.1, 0.15) is 19.4 Å². The van der Waals surface area contributed by atoms with Gasteiger partial charge in [0.25, 0.3) is 0 Å². The molecule has 0 saturated heterocycles. The second-order valence-corrected chi connectivity index (χ2v) is 3.97. The predicted molar refractivity (Wildman–Crippen MR) is 63.1 cm³/mol. The van der Waals surface area contributed by atoms with E-state index in [4.69, 9.17) is 10.0 Å². The fraction of sp³-hybridized carbons (Fsp3) is 0.455. The van der Waals surface area contributed by atoms with E-state index in [1.807, 2.05) is 12.1 Å². The number of rotatable bonds is 5. The van der Waals surface area contributed by atoms with E-state index in [-0.39, 0.29) is 0 Å². The highest BCUT2D eigenvalue weighted by Gasteiger charge is 2.09. The molecule has 1 aromatic rings. The zero-order valence-electron chi connectivity index (χ0n) is 9.27. The summed E-state index contributed by atoms with van der Waals surface area (Å²) in [5, 5.41) is 21.1. The molecule has 0 aliphatic heterocycles. The number of hydrogen-bond donors (Lipinski definition) is 3. The molecule has 0 saturated carbocycles. The molecule has 4 heteroatoms. The Labute approximate surface area is 91.3 Å². The maximum Gasteiger partial charge on any atom is 0.488 e. The van der Waals surface area contributed by atoms with E-state index < -0.39 is 7.12 Å². The summed E-state index contributed by atoms with van der Waals surface area (Å²) in [6.07, 6.45) is 0.958. The summed E-state index contributed by atoms with van der Waals surface area (Å²) in [5.41, 5.74) is 1.74. The van der Waals surface area contributed by atoms with Crippen LogP contribution in [-0.2, 0) is 6.42 Å².